The molecule has 2 aromatic rings. The lowest BCUT2D eigenvalue weighted by Gasteiger charge is -2.09. The Balaban J connectivity index is 2.15. The molecule has 1 aliphatic heterocycles. The number of anilines is 1. The number of hydrogen-bond acceptors (Lipinski definition) is 5. The zero-order valence-corrected chi connectivity index (χ0v) is 8.22. The Morgan fingerprint density at radius 1 is 1.47 bits per heavy atom. The number of nitrogens with zero attached hydrogens (tertiary/aromatic N) is 4. The van der Waals surface area contributed by atoms with Crippen LogP contribution in [0.15, 0.2) is 12.5 Å². The fourth-order valence-electron chi connectivity index (χ4n) is 2.00. The Labute approximate surface area is 86.5 Å². The molecule has 1 aliphatic rings. The van der Waals surface area contributed by atoms with Crippen LogP contribution >= 0.6 is 0 Å². The van der Waals surface area contributed by atoms with E-state index < -0.39 is 0 Å². The third kappa shape index (κ3) is 1.25. The molecular formula is C9H12N6. The SMILES string of the molecule is Nc1ncnc2c1cnn2[C@H]1CCNC1. The van der Waals surface area contributed by atoms with E-state index in [-0.39, 0.29) is 0 Å². The highest BCUT2D eigenvalue weighted by molar-refractivity contribution is 5.84. The van der Waals surface area contributed by atoms with Gasteiger partial charge in [-0.05, 0) is 13.0 Å². The number of nitrogen functional groups attached to an aromatic ring is 1. The molecule has 1 saturated heterocycles. The van der Waals surface area contributed by atoms with Crippen molar-refractivity contribution in [2.75, 3.05) is 18.8 Å². The first-order valence-electron chi connectivity index (χ1n) is 5.00. The van der Waals surface area contributed by atoms with Gasteiger partial charge in [0.1, 0.15) is 12.1 Å². The van der Waals surface area contributed by atoms with Gasteiger partial charge in [0.15, 0.2) is 5.65 Å². The molecule has 1 fully saturated rings. The van der Waals surface area contributed by atoms with Crippen LogP contribution < -0.4 is 11.1 Å². The van der Waals surface area contributed by atoms with Crippen molar-refractivity contribution in [2.24, 2.45) is 0 Å². The molecule has 0 bridgehead atoms. The Hall–Kier alpha value is -1.69. The first-order valence-corrected chi connectivity index (χ1v) is 5.00. The summed E-state index contributed by atoms with van der Waals surface area (Å²) in [5.74, 6) is 0.497. The summed E-state index contributed by atoms with van der Waals surface area (Å²) in [6.45, 7) is 1.98. The van der Waals surface area contributed by atoms with E-state index in [0.717, 1.165) is 30.5 Å². The molecule has 6 nitrogen and oxygen atoms in total. The zero-order valence-electron chi connectivity index (χ0n) is 8.22. The molecule has 0 amide bonds. The van der Waals surface area contributed by atoms with Gasteiger partial charge in [-0.2, -0.15) is 5.10 Å². The predicted molar refractivity (Wildman–Crippen MR) is 56.3 cm³/mol. The van der Waals surface area contributed by atoms with Gasteiger partial charge in [-0.1, -0.05) is 0 Å². The second-order valence-electron chi connectivity index (χ2n) is 3.73. The van der Waals surface area contributed by atoms with E-state index in [2.05, 4.69) is 20.4 Å². The van der Waals surface area contributed by atoms with Crippen molar-refractivity contribution in [1.29, 1.82) is 0 Å². The van der Waals surface area contributed by atoms with Gasteiger partial charge in [0.05, 0.1) is 17.6 Å². The van der Waals surface area contributed by atoms with Crippen molar-refractivity contribution >= 4 is 16.9 Å². The quantitative estimate of drug-likeness (QED) is 0.680. The maximum atomic E-state index is 5.75. The second kappa shape index (κ2) is 3.16. The molecular weight excluding hydrogens is 192 g/mol. The number of aromatic nitrogens is 4. The van der Waals surface area contributed by atoms with Crippen LogP contribution in [-0.4, -0.2) is 32.8 Å². The lowest BCUT2D eigenvalue weighted by molar-refractivity contribution is 0.503. The van der Waals surface area contributed by atoms with Crippen molar-refractivity contribution in [3.8, 4) is 0 Å². The minimum Gasteiger partial charge on any atom is -0.383 e. The summed E-state index contributed by atoms with van der Waals surface area (Å²) in [7, 11) is 0. The van der Waals surface area contributed by atoms with Gasteiger partial charge >= 0.3 is 0 Å². The Morgan fingerprint density at radius 3 is 3.20 bits per heavy atom. The van der Waals surface area contributed by atoms with Gasteiger partial charge < -0.3 is 11.1 Å². The molecule has 6 heteroatoms. The monoisotopic (exact) mass is 204 g/mol. The number of fused-ring (bicyclic) bond motifs is 1. The number of nitrogens with one attached hydrogen (secondary N) is 1. The van der Waals surface area contributed by atoms with E-state index >= 15 is 0 Å². The van der Waals surface area contributed by atoms with Crippen LogP contribution in [0, 0.1) is 0 Å². The van der Waals surface area contributed by atoms with Crippen molar-refractivity contribution in [2.45, 2.75) is 12.5 Å². The first kappa shape index (κ1) is 8.60. The molecule has 0 radical (unpaired) electrons. The van der Waals surface area contributed by atoms with Gasteiger partial charge in [0.2, 0.25) is 0 Å². The van der Waals surface area contributed by atoms with Crippen LogP contribution in [0.1, 0.15) is 12.5 Å². The molecule has 0 aliphatic carbocycles. The van der Waals surface area contributed by atoms with Crippen molar-refractivity contribution < 1.29 is 0 Å². The summed E-state index contributed by atoms with van der Waals surface area (Å²) in [5, 5.41) is 8.47. The fourth-order valence-corrected chi connectivity index (χ4v) is 2.00. The smallest absolute Gasteiger partial charge is 0.163 e. The zero-order chi connectivity index (χ0) is 10.3. The van der Waals surface area contributed by atoms with Gasteiger partial charge in [-0.25, -0.2) is 14.6 Å². The number of nitrogens with two attached hydrogens (primary N) is 1. The summed E-state index contributed by atoms with van der Waals surface area (Å²) >= 11 is 0. The van der Waals surface area contributed by atoms with Crippen LogP contribution in [0.4, 0.5) is 5.82 Å². The molecule has 0 spiro atoms. The standard InChI is InChI=1S/C9H12N6/c10-8-7-4-14-15(6-1-2-11-3-6)9(7)13-5-12-8/h4-6,11H,1-3H2,(H2,10,12,13)/t6-/m0/s1. The second-order valence-corrected chi connectivity index (χ2v) is 3.73. The predicted octanol–water partition coefficient (Wildman–Crippen LogP) is -0.0571. The number of rotatable bonds is 1. The fraction of sp³-hybridized carbons (Fsp3) is 0.444. The van der Waals surface area contributed by atoms with Crippen molar-refractivity contribution in [3.05, 3.63) is 12.5 Å². The summed E-state index contributed by atoms with van der Waals surface area (Å²) in [4.78, 5) is 8.17. The maximum absolute atomic E-state index is 5.75. The van der Waals surface area contributed by atoms with Gasteiger partial charge in [-0.3, -0.25) is 0 Å². The summed E-state index contributed by atoms with van der Waals surface area (Å²) in [6, 6.07) is 0.386. The largest absolute Gasteiger partial charge is 0.383 e. The van der Waals surface area contributed by atoms with E-state index in [4.69, 9.17) is 5.73 Å². The van der Waals surface area contributed by atoms with Gasteiger partial charge in [0.25, 0.3) is 0 Å². The normalized spacial score (nSPS) is 21.2. The highest BCUT2D eigenvalue weighted by Gasteiger charge is 2.20. The van der Waals surface area contributed by atoms with Gasteiger partial charge in [0, 0.05) is 6.54 Å². The molecule has 0 aromatic carbocycles. The molecule has 2 aromatic heterocycles. The van der Waals surface area contributed by atoms with E-state index in [1.807, 2.05) is 4.68 Å². The summed E-state index contributed by atoms with van der Waals surface area (Å²) < 4.78 is 1.94. The molecule has 3 heterocycles. The Bertz CT molecular complexity index is 484. The van der Waals surface area contributed by atoms with Crippen LogP contribution in [-0.2, 0) is 0 Å². The van der Waals surface area contributed by atoms with Crippen LogP contribution in [0.3, 0.4) is 0 Å². The topological polar surface area (TPSA) is 81.7 Å². The molecule has 3 N–H and O–H groups in total. The summed E-state index contributed by atoms with van der Waals surface area (Å²) in [5.41, 5.74) is 6.58. The third-order valence-corrected chi connectivity index (χ3v) is 2.80. The lowest BCUT2D eigenvalue weighted by atomic mass is 10.2. The minimum absolute atomic E-state index is 0.386. The summed E-state index contributed by atoms with van der Waals surface area (Å²) in [6.07, 6.45) is 4.31. The van der Waals surface area contributed by atoms with Crippen molar-refractivity contribution in [3.63, 3.8) is 0 Å². The first-order chi connectivity index (χ1) is 7.36. The van der Waals surface area contributed by atoms with E-state index in [1.54, 1.807) is 6.20 Å². The molecule has 15 heavy (non-hydrogen) atoms. The highest BCUT2D eigenvalue weighted by atomic mass is 15.3. The van der Waals surface area contributed by atoms with E-state index in [1.165, 1.54) is 6.33 Å². The average Bonchev–Trinajstić information content (AvgIpc) is 2.85. The van der Waals surface area contributed by atoms with Crippen LogP contribution in [0.5, 0.6) is 0 Å². The number of hydrogen-bond donors (Lipinski definition) is 2. The molecule has 0 unspecified atom stereocenters. The molecule has 78 valence electrons. The third-order valence-electron chi connectivity index (χ3n) is 2.80. The minimum atomic E-state index is 0.386. The highest BCUT2D eigenvalue weighted by Crippen LogP contribution is 2.22. The van der Waals surface area contributed by atoms with E-state index in [9.17, 15) is 0 Å². The van der Waals surface area contributed by atoms with Gasteiger partial charge in [-0.15, -0.1) is 0 Å². The maximum Gasteiger partial charge on any atom is 0.163 e. The van der Waals surface area contributed by atoms with E-state index in [0.29, 0.717) is 11.9 Å². The van der Waals surface area contributed by atoms with Crippen LogP contribution in [0.2, 0.25) is 0 Å². The lowest BCUT2D eigenvalue weighted by Crippen LogP contribution is -2.14. The molecule has 3 rings (SSSR count). The van der Waals surface area contributed by atoms with Crippen molar-refractivity contribution in [1.82, 2.24) is 25.1 Å². The average molecular weight is 204 g/mol. The molecule has 0 saturated carbocycles. The Morgan fingerprint density at radius 2 is 2.40 bits per heavy atom. The van der Waals surface area contributed by atoms with Crippen LogP contribution in [0.25, 0.3) is 11.0 Å². The molecule has 1 atom stereocenters. The Kier molecular flexibility index (Phi) is 1.81.